The molecule has 1 amide bonds. The normalized spacial score (nSPS) is 10.6. The maximum absolute atomic E-state index is 12.7. The van der Waals surface area contributed by atoms with Crippen LogP contribution in [0, 0.1) is 0 Å². The number of methoxy groups -OCH3 is 1. The molecule has 0 radical (unpaired) electrons. The molecule has 2 aromatic heterocycles. The van der Waals surface area contributed by atoms with Crippen LogP contribution in [0.1, 0.15) is 15.9 Å². The molecule has 0 saturated heterocycles. The second-order valence-corrected chi connectivity index (χ2v) is 6.57. The molecule has 4 aromatic rings. The predicted molar refractivity (Wildman–Crippen MR) is 114 cm³/mol. The number of aromatic amines is 1. The third-order valence-electron chi connectivity index (χ3n) is 4.54. The van der Waals surface area contributed by atoms with Gasteiger partial charge >= 0.3 is 0 Å². The van der Waals surface area contributed by atoms with Crippen molar-refractivity contribution in [1.82, 2.24) is 9.97 Å². The fourth-order valence-corrected chi connectivity index (χ4v) is 3.03. The molecule has 0 unspecified atom stereocenters. The number of amides is 1. The fraction of sp³-hybridized carbons (Fsp3) is 0.0870. The number of hydrogen-bond donors (Lipinski definition) is 2. The van der Waals surface area contributed by atoms with Crippen LogP contribution in [-0.2, 0) is 6.61 Å². The molecular formula is C23H19N3O4. The van der Waals surface area contributed by atoms with E-state index in [1.807, 2.05) is 30.3 Å². The molecule has 2 aromatic carbocycles. The van der Waals surface area contributed by atoms with E-state index in [0.717, 1.165) is 10.9 Å². The van der Waals surface area contributed by atoms with Gasteiger partial charge in [0, 0.05) is 35.2 Å². The largest absolute Gasteiger partial charge is 0.493 e. The van der Waals surface area contributed by atoms with Gasteiger partial charge in [0.15, 0.2) is 11.5 Å². The van der Waals surface area contributed by atoms with Crippen molar-refractivity contribution < 1.29 is 14.3 Å². The van der Waals surface area contributed by atoms with Crippen LogP contribution < -0.4 is 20.3 Å². The van der Waals surface area contributed by atoms with E-state index >= 15 is 0 Å². The highest BCUT2D eigenvalue weighted by atomic mass is 16.5. The summed E-state index contributed by atoms with van der Waals surface area (Å²) in [6, 6.07) is 17.6. The average molecular weight is 401 g/mol. The van der Waals surface area contributed by atoms with E-state index in [0.29, 0.717) is 29.3 Å². The van der Waals surface area contributed by atoms with Gasteiger partial charge in [-0.05, 0) is 35.7 Å². The third kappa shape index (κ3) is 4.15. The first-order chi connectivity index (χ1) is 14.6. The smallest absolute Gasteiger partial charge is 0.261 e. The van der Waals surface area contributed by atoms with Crippen molar-refractivity contribution in [3.8, 4) is 11.5 Å². The second-order valence-electron chi connectivity index (χ2n) is 6.57. The van der Waals surface area contributed by atoms with Crippen LogP contribution >= 0.6 is 0 Å². The molecule has 0 aliphatic rings. The Kier molecular flexibility index (Phi) is 5.43. The van der Waals surface area contributed by atoms with Crippen molar-refractivity contribution in [2.24, 2.45) is 0 Å². The van der Waals surface area contributed by atoms with E-state index in [4.69, 9.17) is 9.47 Å². The Balaban J connectivity index is 1.56. The lowest BCUT2D eigenvalue weighted by atomic mass is 10.1. The number of hydrogen-bond acceptors (Lipinski definition) is 5. The highest BCUT2D eigenvalue weighted by Crippen LogP contribution is 2.31. The van der Waals surface area contributed by atoms with E-state index in [2.05, 4.69) is 15.3 Å². The van der Waals surface area contributed by atoms with Gasteiger partial charge in [0.25, 0.3) is 11.5 Å². The maximum atomic E-state index is 12.7. The lowest BCUT2D eigenvalue weighted by Gasteiger charge is -2.13. The lowest BCUT2D eigenvalue weighted by molar-refractivity contribution is 0.102. The minimum absolute atomic E-state index is 0.0300. The Morgan fingerprint density at radius 3 is 2.73 bits per heavy atom. The summed E-state index contributed by atoms with van der Waals surface area (Å²) in [5.41, 5.74) is 1.64. The van der Waals surface area contributed by atoms with E-state index < -0.39 is 11.5 Å². The summed E-state index contributed by atoms with van der Waals surface area (Å²) < 4.78 is 11.2. The first-order valence-corrected chi connectivity index (χ1v) is 9.27. The number of nitrogens with zero attached hydrogens (tertiary/aromatic N) is 1. The Morgan fingerprint density at radius 1 is 1.07 bits per heavy atom. The first kappa shape index (κ1) is 19.2. The van der Waals surface area contributed by atoms with Gasteiger partial charge in [0.05, 0.1) is 7.11 Å². The van der Waals surface area contributed by atoms with Crippen molar-refractivity contribution in [1.29, 1.82) is 0 Å². The second kappa shape index (κ2) is 8.48. The molecule has 150 valence electrons. The van der Waals surface area contributed by atoms with E-state index in [1.165, 1.54) is 0 Å². The van der Waals surface area contributed by atoms with Crippen LogP contribution in [0.5, 0.6) is 11.5 Å². The summed E-state index contributed by atoms with van der Waals surface area (Å²) in [5.74, 6) is 0.484. The molecule has 0 bridgehead atoms. The number of nitrogens with one attached hydrogen (secondary N) is 2. The van der Waals surface area contributed by atoms with E-state index in [-0.39, 0.29) is 5.56 Å². The van der Waals surface area contributed by atoms with Crippen molar-refractivity contribution in [2.45, 2.75) is 6.61 Å². The van der Waals surface area contributed by atoms with E-state index in [1.54, 1.807) is 49.8 Å². The van der Waals surface area contributed by atoms with Gasteiger partial charge in [-0.3, -0.25) is 14.6 Å². The molecule has 2 heterocycles. The first-order valence-electron chi connectivity index (χ1n) is 9.27. The van der Waals surface area contributed by atoms with Crippen molar-refractivity contribution in [3.63, 3.8) is 0 Å². The molecule has 0 aliphatic carbocycles. The zero-order chi connectivity index (χ0) is 20.9. The van der Waals surface area contributed by atoms with Gasteiger partial charge in [0.1, 0.15) is 12.2 Å². The van der Waals surface area contributed by atoms with Crippen molar-refractivity contribution in [3.05, 3.63) is 94.5 Å². The lowest BCUT2D eigenvalue weighted by Crippen LogP contribution is -2.23. The van der Waals surface area contributed by atoms with Gasteiger partial charge in [0.2, 0.25) is 0 Å². The van der Waals surface area contributed by atoms with Gasteiger partial charge < -0.3 is 19.8 Å². The highest BCUT2D eigenvalue weighted by molar-refractivity contribution is 6.05. The summed E-state index contributed by atoms with van der Waals surface area (Å²) in [5, 5.41) is 3.52. The number of anilines is 1. The van der Waals surface area contributed by atoms with Gasteiger partial charge in [-0.1, -0.05) is 24.3 Å². The number of ether oxygens (including phenoxy) is 2. The van der Waals surface area contributed by atoms with Crippen LogP contribution in [0.4, 0.5) is 5.69 Å². The number of para-hydroxylation sites is 1. The van der Waals surface area contributed by atoms with Crippen molar-refractivity contribution >= 4 is 22.5 Å². The maximum Gasteiger partial charge on any atom is 0.261 e. The zero-order valence-electron chi connectivity index (χ0n) is 16.2. The van der Waals surface area contributed by atoms with Crippen LogP contribution in [0.15, 0.2) is 77.9 Å². The predicted octanol–water partition coefficient (Wildman–Crippen LogP) is 3.76. The third-order valence-corrected chi connectivity index (χ3v) is 4.54. The molecule has 0 saturated carbocycles. The molecule has 30 heavy (non-hydrogen) atoms. The summed E-state index contributed by atoms with van der Waals surface area (Å²) in [6.45, 7) is 0.298. The quantitative estimate of drug-likeness (QED) is 0.513. The summed E-state index contributed by atoms with van der Waals surface area (Å²) in [6.07, 6.45) is 3.40. The number of rotatable bonds is 6. The molecule has 7 heteroatoms. The Labute approximate surface area is 172 Å². The van der Waals surface area contributed by atoms with Gasteiger partial charge in [-0.25, -0.2) is 0 Å². The number of H-pyrrole nitrogens is 1. The standard InChI is InChI=1S/C23H19N3O4/c1-29-20-9-8-17(12-21(20)30-14-15-5-4-10-24-13-15)25-22(27)18-11-16-6-2-3-7-19(16)26-23(18)28/h2-13H,14H2,1H3,(H,25,27)(H,26,28). The van der Waals surface area contributed by atoms with Crippen LogP contribution in [-0.4, -0.2) is 23.0 Å². The SMILES string of the molecule is COc1ccc(NC(=O)c2cc3ccccc3[nH]c2=O)cc1OCc1cccnc1. The molecule has 0 atom stereocenters. The molecule has 2 N–H and O–H groups in total. The van der Waals surface area contributed by atoms with Crippen LogP contribution in [0.25, 0.3) is 10.9 Å². The number of carbonyl (C=O) groups is 1. The average Bonchev–Trinajstić information content (AvgIpc) is 2.78. The molecule has 0 fully saturated rings. The number of benzene rings is 2. The Bertz CT molecular complexity index is 1250. The fourth-order valence-electron chi connectivity index (χ4n) is 3.03. The molecule has 0 spiro atoms. The summed E-state index contributed by atoms with van der Waals surface area (Å²) >= 11 is 0. The molecule has 7 nitrogen and oxygen atoms in total. The highest BCUT2D eigenvalue weighted by Gasteiger charge is 2.14. The number of pyridine rings is 2. The van der Waals surface area contributed by atoms with Crippen LogP contribution in [0.3, 0.4) is 0 Å². The number of carbonyl (C=O) groups excluding carboxylic acids is 1. The molecular weight excluding hydrogens is 382 g/mol. The molecule has 4 rings (SSSR count). The Morgan fingerprint density at radius 2 is 1.93 bits per heavy atom. The van der Waals surface area contributed by atoms with E-state index in [9.17, 15) is 9.59 Å². The molecule has 0 aliphatic heterocycles. The monoisotopic (exact) mass is 401 g/mol. The summed E-state index contributed by atoms with van der Waals surface area (Å²) in [7, 11) is 1.54. The zero-order valence-corrected chi connectivity index (χ0v) is 16.2. The van der Waals surface area contributed by atoms with Gasteiger partial charge in [-0.15, -0.1) is 0 Å². The number of fused-ring (bicyclic) bond motifs is 1. The number of aromatic nitrogens is 2. The Hall–Kier alpha value is -4.13. The minimum atomic E-state index is -0.509. The van der Waals surface area contributed by atoms with Gasteiger partial charge in [-0.2, -0.15) is 0 Å². The topological polar surface area (TPSA) is 93.3 Å². The van der Waals surface area contributed by atoms with Crippen LogP contribution in [0.2, 0.25) is 0 Å². The van der Waals surface area contributed by atoms with Crippen molar-refractivity contribution in [2.75, 3.05) is 12.4 Å². The summed E-state index contributed by atoms with van der Waals surface area (Å²) in [4.78, 5) is 31.8. The minimum Gasteiger partial charge on any atom is -0.493 e.